The van der Waals surface area contributed by atoms with Gasteiger partial charge in [-0.2, -0.15) is 0 Å². The molecule has 0 radical (unpaired) electrons. The summed E-state index contributed by atoms with van der Waals surface area (Å²) in [6.45, 7) is 1.88. The standard InChI is InChI=1S/C18H17F3N2O.ClH/c19-15-7-14(8-16(20)17(15)21)12-1-3-13(4-2-12)18(24)23-6-5-11(9-22)10-23;/h1-4,7-8,11H,5-6,9-10,22H2;1H. The van der Waals surface area contributed by atoms with E-state index in [9.17, 15) is 18.0 Å². The van der Waals surface area contributed by atoms with Crippen LogP contribution in [0.1, 0.15) is 16.8 Å². The fourth-order valence-corrected chi connectivity index (χ4v) is 2.92. The lowest BCUT2D eigenvalue weighted by atomic mass is 10.0. The molecule has 1 amide bonds. The minimum atomic E-state index is -1.49. The van der Waals surface area contributed by atoms with E-state index in [1.54, 1.807) is 29.2 Å². The second kappa shape index (κ2) is 7.89. The van der Waals surface area contributed by atoms with Crippen molar-refractivity contribution in [2.45, 2.75) is 6.42 Å². The van der Waals surface area contributed by atoms with E-state index in [-0.39, 0.29) is 23.9 Å². The third-order valence-corrected chi connectivity index (χ3v) is 4.36. The third kappa shape index (κ3) is 3.96. The normalized spacial score (nSPS) is 16.6. The fraction of sp³-hybridized carbons (Fsp3) is 0.278. The molecule has 0 aliphatic carbocycles. The van der Waals surface area contributed by atoms with E-state index >= 15 is 0 Å². The maximum Gasteiger partial charge on any atom is 0.253 e. The van der Waals surface area contributed by atoms with Crippen LogP contribution in [-0.4, -0.2) is 30.4 Å². The monoisotopic (exact) mass is 370 g/mol. The Morgan fingerprint density at radius 3 is 2.20 bits per heavy atom. The van der Waals surface area contributed by atoms with Crippen molar-refractivity contribution in [2.75, 3.05) is 19.6 Å². The number of likely N-dealkylation sites (tertiary alicyclic amines) is 1. The highest BCUT2D eigenvalue weighted by Crippen LogP contribution is 2.25. The molecule has 1 saturated heterocycles. The molecule has 1 unspecified atom stereocenters. The minimum Gasteiger partial charge on any atom is -0.338 e. The first-order chi connectivity index (χ1) is 11.5. The summed E-state index contributed by atoms with van der Waals surface area (Å²) in [5.74, 6) is -3.73. The molecule has 1 aliphatic heterocycles. The Hall–Kier alpha value is -2.05. The fourth-order valence-electron chi connectivity index (χ4n) is 2.92. The van der Waals surface area contributed by atoms with Crippen molar-refractivity contribution in [2.24, 2.45) is 11.7 Å². The van der Waals surface area contributed by atoms with Crippen molar-refractivity contribution in [3.05, 3.63) is 59.4 Å². The second-order valence-corrected chi connectivity index (χ2v) is 5.97. The summed E-state index contributed by atoms with van der Waals surface area (Å²) in [6.07, 6.45) is 0.897. The second-order valence-electron chi connectivity index (χ2n) is 5.97. The summed E-state index contributed by atoms with van der Waals surface area (Å²) in [7, 11) is 0. The zero-order valence-corrected chi connectivity index (χ0v) is 14.2. The molecule has 2 N–H and O–H groups in total. The van der Waals surface area contributed by atoms with E-state index in [0.717, 1.165) is 18.6 Å². The Bertz CT molecular complexity index is 744. The van der Waals surface area contributed by atoms with Crippen LogP contribution in [0.25, 0.3) is 11.1 Å². The van der Waals surface area contributed by atoms with Crippen LogP contribution in [0.15, 0.2) is 36.4 Å². The number of nitrogens with zero attached hydrogens (tertiary/aromatic N) is 1. The van der Waals surface area contributed by atoms with Gasteiger partial charge in [0.05, 0.1) is 0 Å². The summed E-state index contributed by atoms with van der Waals surface area (Å²) in [6, 6.07) is 8.26. The van der Waals surface area contributed by atoms with Gasteiger partial charge in [-0.1, -0.05) is 12.1 Å². The largest absolute Gasteiger partial charge is 0.338 e. The SMILES string of the molecule is Cl.NCC1CCN(C(=O)c2ccc(-c3cc(F)c(F)c(F)c3)cc2)C1. The van der Waals surface area contributed by atoms with Crippen LogP contribution in [0, 0.1) is 23.4 Å². The molecule has 7 heteroatoms. The van der Waals surface area contributed by atoms with Crippen LogP contribution in [0.5, 0.6) is 0 Å². The van der Waals surface area contributed by atoms with Crippen LogP contribution in [0.3, 0.4) is 0 Å². The molecule has 134 valence electrons. The number of carbonyl (C=O) groups excluding carboxylic acids is 1. The van der Waals surface area contributed by atoms with Gasteiger partial charge in [-0.15, -0.1) is 12.4 Å². The first-order valence-electron chi connectivity index (χ1n) is 7.74. The van der Waals surface area contributed by atoms with Crippen molar-refractivity contribution in [3.63, 3.8) is 0 Å². The van der Waals surface area contributed by atoms with Crippen LogP contribution >= 0.6 is 12.4 Å². The average Bonchev–Trinajstić information content (AvgIpc) is 3.08. The molecular weight excluding hydrogens is 353 g/mol. The van der Waals surface area contributed by atoms with Gasteiger partial charge < -0.3 is 10.6 Å². The van der Waals surface area contributed by atoms with Crippen molar-refractivity contribution < 1.29 is 18.0 Å². The first-order valence-corrected chi connectivity index (χ1v) is 7.74. The highest BCUT2D eigenvalue weighted by atomic mass is 35.5. The number of carbonyl (C=O) groups is 1. The van der Waals surface area contributed by atoms with E-state index in [1.165, 1.54) is 0 Å². The lowest BCUT2D eigenvalue weighted by Crippen LogP contribution is -2.29. The molecular formula is C18H18ClF3N2O. The molecule has 1 atom stereocenters. The number of hydrogen-bond donors (Lipinski definition) is 1. The van der Waals surface area contributed by atoms with Gasteiger partial charge in [0, 0.05) is 18.7 Å². The highest BCUT2D eigenvalue weighted by Gasteiger charge is 2.25. The van der Waals surface area contributed by atoms with E-state index in [2.05, 4.69) is 0 Å². The lowest BCUT2D eigenvalue weighted by molar-refractivity contribution is 0.0787. The molecule has 0 bridgehead atoms. The van der Waals surface area contributed by atoms with Crippen molar-refractivity contribution >= 4 is 18.3 Å². The molecule has 0 saturated carbocycles. The number of benzene rings is 2. The topological polar surface area (TPSA) is 46.3 Å². The molecule has 3 rings (SSSR count). The van der Waals surface area contributed by atoms with Gasteiger partial charge in [0.15, 0.2) is 17.5 Å². The van der Waals surface area contributed by atoms with Gasteiger partial charge in [-0.05, 0) is 54.3 Å². The van der Waals surface area contributed by atoms with Crippen LogP contribution < -0.4 is 5.73 Å². The van der Waals surface area contributed by atoms with Crippen LogP contribution in [0.2, 0.25) is 0 Å². The summed E-state index contributed by atoms with van der Waals surface area (Å²) >= 11 is 0. The number of rotatable bonds is 3. The van der Waals surface area contributed by atoms with Crippen LogP contribution in [-0.2, 0) is 0 Å². The molecule has 3 nitrogen and oxygen atoms in total. The van der Waals surface area contributed by atoms with Gasteiger partial charge in [0.25, 0.3) is 5.91 Å². The molecule has 0 aromatic heterocycles. The minimum absolute atomic E-state index is 0. The predicted molar refractivity (Wildman–Crippen MR) is 92.1 cm³/mol. The van der Waals surface area contributed by atoms with E-state index in [1.807, 2.05) is 0 Å². The Balaban J connectivity index is 0.00000225. The first kappa shape index (κ1) is 19.3. The Kier molecular flexibility index (Phi) is 6.08. The zero-order valence-electron chi connectivity index (χ0n) is 13.3. The van der Waals surface area contributed by atoms with Crippen molar-refractivity contribution in [3.8, 4) is 11.1 Å². The van der Waals surface area contributed by atoms with Crippen molar-refractivity contribution in [1.82, 2.24) is 4.90 Å². The molecule has 1 heterocycles. The maximum absolute atomic E-state index is 13.3. The number of nitrogens with two attached hydrogens (primary N) is 1. The van der Waals surface area contributed by atoms with E-state index in [0.29, 0.717) is 36.7 Å². The average molecular weight is 371 g/mol. The van der Waals surface area contributed by atoms with Gasteiger partial charge in [-0.3, -0.25) is 4.79 Å². The quantitative estimate of drug-likeness (QED) is 0.839. The number of hydrogen-bond acceptors (Lipinski definition) is 2. The van der Waals surface area contributed by atoms with Gasteiger partial charge in [0.2, 0.25) is 0 Å². The van der Waals surface area contributed by atoms with E-state index < -0.39 is 17.5 Å². The van der Waals surface area contributed by atoms with Crippen LogP contribution in [0.4, 0.5) is 13.2 Å². The smallest absolute Gasteiger partial charge is 0.253 e. The highest BCUT2D eigenvalue weighted by molar-refractivity contribution is 5.94. The number of halogens is 4. The van der Waals surface area contributed by atoms with Crippen molar-refractivity contribution in [1.29, 1.82) is 0 Å². The number of amides is 1. The predicted octanol–water partition coefficient (Wildman–Crippen LogP) is 3.61. The third-order valence-electron chi connectivity index (χ3n) is 4.36. The van der Waals surface area contributed by atoms with Gasteiger partial charge in [-0.25, -0.2) is 13.2 Å². The Labute approximate surface area is 150 Å². The maximum atomic E-state index is 13.3. The zero-order chi connectivity index (χ0) is 17.3. The lowest BCUT2D eigenvalue weighted by Gasteiger charge is -2.16. The Morgan fingerprint density at radius 2 is 1.68 bits per heavy atom. The van der Waals surface area contributed by atoms with E-state index in [4.69, 9.17) is 5.73 Å². The summed E-state index contributed by atoms with van der Waals surface area (Å²) in [4.78, 5) is 14.2. The molecule has 2 aromatic carbocycles. The molecule has 25 heavy (non-hydrogen) atoms. The Morgan fingerprint density at radius 1 is 1.08 bits per heavy atom. The summed E-state index contributed by atoms with van der Waals surface area (Å²) in [5, 5.41) is 0. The van der Waals surface area contributed by atoms with Gasteiger partial charge >= 0.3 is 0 Å². The molecule has 0 spiro atoms. The van der Waals surface area contributed by atoms with Gasteiger partial charge in [0.1, 0.15) is 0 Å². The molecule has 2 aromatic rings. The summed E-state index contributed by atoms with van der Waals surface area (Å²) in [5.41, 5.74) is 6.85. The summed E-state index contributed by atoms with van der Waals surface area (Å²) < 4.78 is 39.7. The molecule has 1 fully saturated rings. The molecule has 1 aliphatic rings.